The van der Waals surface area contributed by atoms with Crippen molar-refractivity contribution in [3.8, 4) is 11.4 Å². The van der Waals surface area contributed by atoms with E-state index in [4.69, 9.17) is 9.97 Å². The normalized spacial score (nSPS) is 14.6. The highest BCUT2D eigenvalue weighted by Gasteiger charge is 2.15. The number of aromatic nitrogens is 3. The molecule has 0 spiro atoms. The molecule has 4 rings (SSSR count). The second kappa shape index (κ2) is 8.83. The maximum absolute atomic E-state index is 4.74. The number of benzene rings is 1. The lowest BCUT2D eigenvalue weighted by Gasteiger charge is -2.23. The van der Waals surface area contributed by atoms with Crippen LogP contribution in [0.25, 0.3) is 11.4 Å². The van der Waals surface area contributed by atoms with Gasteiger partial charge in [0.05, 0.1) is 11.4 Å². The molecule has 5 heteroatoms. The van der Waals surface area contributed by atoms with Crippen LogP contribution >= 0.6 is 0 Å². The molecule has 0 atom stereocenters. The van der Waals surface area contributed by atoms with Crippen molar-refractivity contribution in [1.29, 1.82) is 0 Å². The van der Waals surface area contributed by atoms with E-state index >= 15 is 0 Å². The molecule has 0 saturated heterocycles. The van der Waals surface area contributed by atoms with Gasteiger partial charge in [-0.3, -0.25) is 4.98 Å². The SMILES string of the molecule is Cc1ccc(CNc2cc(-c3ccccn3)nc(NC3CCCCC3)n2)cc1. The summed E-state index contributed by atoms with van der Waals surface area (Å²) in [5.74, 6) is 1.50. The van der Waals surface area contributed by atoms with Gasteiger partial charge in [-0.05, 0) is 37.5 Å². The van der Waals surface area contributed by atoms with E-state index in [0.717, 1.165) is 23.8 Å². The van der Waals surface area contributed by atoms with Crippen molar-refractivity contribution in [3.63, 3.8) is 0 Å². The zero-order valence-electron chi connectivity index (χ0n) is 16.4. The number of anilines is 2. The van der Waals surface area contributed by atoms with Crippen molar-refractivity contribution >= 4 is 11.8 Å². The van der Waals surface area contributed by atoms with Crippen LogP contribution < -0.4 is 10.6 Å². The first kappa shape index (κ1) is 18.4. The van der Waals surface area contributed by atoms with E-state index in [1.807, 2.05) is 24.3 Å². The third-order valence-corrected chi connectivity index (χ3v) is 5.19. The fourth-order valence-corrected chi connectivity index (χ4v) is 3.58. The predicted octanol–water partition coefficient (Wildman–Crippen LogP) is 5.20. The lowest BCUT2D eigenvalue weighted by atomic mass is 9.96. The van der Waals surface area contributed by atoms with Crippen molar-refractivity contribution in [2.75, 3.05) is 10.6 Å². The van der Waals surface area contributed by atoms with Gasteiger partial charge in [-0.15, -0.1) is 0 Å². The van der Waals surface area contributed by atoms with E-state index < -0.39 is 0 Å². The summed E-state index contributed by atoms with van der Waals surface area (Å²) in [5.41, 5.74) is 4.18. The molecule has 2 aromatic heterocycles. The van der Waals surface area contributed by atoms with Crippen LogP contribution in [0.3, 0.4) is 0 Å². The Hall–Kier alpha value is -2.95. The van der Waals surface area contributed by atoms with Gasteiger partial charge in [0.2, 0.25) is 5.95 Å². The molecular formula is C23H27N5. The van der Waals surface area contributed by atoms with E-state index in [0.29, 0.717) is 12.0 Å². The van der Waals surface area contributed by atoms with Gasteiger partial charge in [-0.2, -0.15) is 4.98 Å². The van der Waals surface area contributed by atoms with E-state index in [2.05, 4.69) is 46.8 Å². The maximum atomic E-state index is 4.74. The van der Waals surface area contributed by atoms with E-state index in [-0.39, 0.29) is 0 Å². The molecule has 1 aromatic carbocycles. The molecular weight excluding hydrogens is 346 g/mol. The Morgan fingerprint density at radius 1 is 0.929 bits per heavy atom. The summed E-state index contributed by atoms with van der Waals surface area (Å²) in [7, 11) is 0. The van der Waals surface area contributed by atoms with Crippen LogP contribution in [0.5, 0.6) is 0 Å². The van der Waals surface area contributed by atoms with Gasteiger partial charge in [0, 0.05) is 24.8 Å². The van der Waals surface area contributed by atoms with E-state index in [9.17, 15) is 0 Å². The smallest absolute Gasteiger partial charge is 0.225 e. The van der Waals surface area contributed by atoms with Crippen molar-refractivity contribution in [2.24, 2.45) is 0 Å². The average molecular weight is 374 g/mol. The number of nitrogens with zero attached hydrogens (tertiary/aromatic N) is 3. The van der Waals surface area contributed by atoms with Crippen LogP contribution in [-0.2, 0) is 6.54 Å². The van der Waals surface area contributed by atoms with Gasteiger partial charge in [-0.25, -0.2) is 4.98 Å². The molecule has 3 aromatic rings. The molecule has 0 bridgehead atoms. The Morgan fingerprint density at radius 3 is 2.50 bits per heavy atom. The highest BCUT2D eigenvalue weighted by molar-refractivity contribution is 5.61. The third kappa shape index (κ3) is 4.85. The number of rotatable bonds is 6. The highest BCUT2D eigenvalue weighted by atomic mass is 15.2. The summed E-state index contributed by atoms with van der Waals surface area (Å²) >= 11 is 0. The molecule has 0 radical (unpaired) electrons. The lowest BCUT2D eigenvalue weighted by Crippen LogP contribution is -2.23. The Balaban J connectivity index is 1.56. The standard InChI is InChI=1S/C23H27N5/c1-17-10-12-18(13-11-17)16-25-22-15-21(20-9-5-6-14-24-20)27-23(28-22)26-19-7-3-2-4-8-19/h5-6,9-15,19H,2-4,7-8,16H2,1H3,(H2,25,26,27,28). The average Bonchev–Trinajstić information content (AvgIpc) is 2.75. The molecule has 0 unspecified atom stereocenters. The van der Waals surface area contributed by atoms with Crippen molar-refractivity contribution < 1.29 is 0 Å². The first-order chi connectivity index (χ1) is 13.8. The Bertz CT molecular complexity index is 887. The molecule has 144 valence electrons. The van der Waals surface area contributed by atoms with Crippen LogP contribution in [0.15, 0.2) is 54.7 Å². The fourth-order valence-electron chi connectivity index (χ4n) is 3.58. The Labute approximate surface area is 166 Å². The minimum Gasteiger partial charge on any atom is -0.366 e. The summed E-state index contributed by atoms with van der Waals surface area (Å²) in [4.78, 5) is 13.9. The third-order valence-electron chi connectivity index (χ3n) is 5.19. The minimum absolute atomic E-state index is 0.456. The zero-order valence-corrected chi connectivity index (χ0v) is 16.4. The largest absolute Gasteiger partial charge is 0.366 e. The summed E-state index contributed by atoms with van der Waals surface area (Å²) in [6.07, 6.45) is 8.04. The minimum atomic E-state index is 0.456. The van der Waals surface area contributed by atoms with Gasteiger partial charge in [0.15, 0.2) is 0 Å². The van der Waals surface area contributed by atoms with Crippen molar-refractivity contribution in [3.05, 3.63) is 65.9 Å². The van der Waals surface area contributed by atoms with Gasteiger partial charge < -0.3 is 10.6 Å². The molecule has 5 nitrogen and oxygen atoms in total. The van der Waals surface area contributed by atoms with Crippen LogP contribution in [0.4, 0.5) is 11.8 Å². The molecule has 1 saturated carbocycles. The van der Waals surface area contributed by atoms with Crippen molar-refractivity contribution in [2.45, 2.75) is 51.6 Å². The summed E-state index contributed by atoms with van der Waals surface area (Å²) in [5, 5.41) is 7.00. The molecule has 0 amide bonds. The number of pyridine rings is 1. The quantitative estimate of drug-likeness (QED) is 0.621. The maximum Gasteiger partial charge on any atom is 0.225 e. The molecule has 0 aliphatic heterocycles. The van der Waals surface area contributed by atoms with Crippen LogP contribution in [-0.4, -0.2) is 21.0 Å². The second-order valence-corrected chi connectivity index (χ2v) is 7.50. The molecule has 28 heavy (non-hydrogen) atoms. The summed E-state index contributed by atoms with van der Waals surface area (Å²) in [6, 6.07) is 16.9. The van der Waals surface area contributed by atoms with Gasteiger partial charge >= 0.3 is 0 Å². The van der Waals surface area contributed by atoms with Crippen LogP contribution in [0.1, 0.15) is 43.2 Å². The van der Waals surface area contributed by atoms with E-state index in [1.54, 1.807) is 6.20 Å². The fraction of sp³-hybridized carbons (Fsp3) is 0.348. The van der Waals surface area contributed by atoms with E-state index in [1.165, 1.54) is 43.2 Å². The zero-order chi connectivity index (χ0) is 19.2. The van der Waals surface area contributed by atoms with Crippen LogP contribution in [0, 0.1) is 6.92 Å². The molecule has 2 heterocycles. The topological polar surface area (TPSA) is 62.7 Å². The molecule has 1 aliphatic rings. The first-order valence-electron chi connectivity index (χ1n) is 10.1. The number of hydrogen-bond donors (Lipinski definition) is 2. The second-order valence-electron chi connectivity index (χ2n) is 7.50. The number of aryl methyl sites for hydroxylation is 1. The summed E-state index contributed by atoms with van der Waals surface area (Å²) < 4.78 is 0. The van der Waals surface area contributed by atoms with Gasteiger partial charge in [-0.1, -0.05) is 55.2 Å². The Morgan fingerprint density at radius 2 is 1.75 bits per heavy atom. The summed E-state index contributed by atoms with van der Waals surface area (Å²) in [6.45, 7) is 2.83. The Kier molecular flexibility index (Phi) is 5.80. The molecule has 1 aliphatic carbocycles. The van der Waals surface area contributed by atoms with Crippen molar-refractivity contribution in [1.82, 2.24) is 15.0 Å². The molecule has 2 N–H and O–H groups in total. The monoisotopic (exact) mass is 373 g/mol. The first-order valence-corrected chi connectivity index (χ1v) is 10.1. The molecule has 1 fully saturated rings. The van der Waals surface area contributed by atoms with Crippen LogP contribution in [0.2, 0.25) is 0 Å². The van der Waals surface area contributed by atoms with Gasteiger partial charge in [0.25, 0.3) is 0 Å². The highest BCUT2D eigenvalue weighted by Crippen LogP contribution is 2.24. The predicted molar refractivity (Wildman–Crippen MR) is 114 cm³/mol. The lowest BCUT2D eigenvalue weighted by molar-refractivity contribution is 0.461. The number of hydrogen-bond acceptors (Lipinski definition) is 5. The number of nitrogens with one attached hydrogen (secondary N) is 2. The van der Waals surface area contributed by atoms with Gasteiger partial charge in [0.1, 0.15) is 5.82 Å².